The molecule has 2 aromatic rings. The van der Waals surface area contributed by atoms with Gasteiger partial charge in [-0.3, -0.25) is 4.90 Å². The van der Waals surface area contributed by atoms with Crippen molar-refractivity contribution in [3.63, 3.8) is 0 Å². The van der Waals surface area contributed by atoms with Crippen LogP contribution in [0.15, 0.2) is 29.9 Å². The van der Waals surface area contributed by atoms with Crippen molar-refractivity contribution in [2.45, 2.75) is 18.6 Å². The van der Waals surface area contributed by atoms with Crippen LogP contribution in [0.2, 0.25) is 0 Å². The summed E-state index contributed by atoms with van der Waals surface area (Å²) in [5, 5.41) is 2.02. The Balaban J connectivity index is 1.41. The van der Waals surface area contributed by atoms with Crippen LogP contribution in [0.3, 0.4) is 0 Å². The lowest BCUT2D eigenvalue weighted by Gasteiger charge is -2.21. The molecule has 0 radical (unpaired) electrons. The highest BCUT2D eigenvalue weighted by atomic mass is 32.1. The SMILES string of the molecule is CN1CC2(CCN(Cc3cnc(-c4cccs4)nc3)C2)OC1=O. The first-order valence-corrected chi connectivity index (χ1v) is 8.53. The molecule has 2 fully saturated rings. The van der Waals surface area contributed by atoms with E-state index < -0.39 is 0 Å². The van der Waals surface area contributed by atoms with E-state index in [-0.39, 0.29) is 11.7 Å². The smallest absolute Gasteiger partial charge is 0.410 e. The number of likely N-dealkylation sites (tertiary alicyclic amines) is 1. The lowest BCUT2D eigenvalue weighted by atomic mass is 10.0. The Bertz CT molecular complexity index is 703. The van der Waals surface area contributed by atoms with Crippen molar-refractivity contribution in [2.24, 2.45) is 0 Å². The summed E-state index contributed by atoms with van der Waals surface area (Å²) in [4.78, 5) is 25.6. The van der Waals surface area contributed by atoms with Gasteiger partial charge in [0.2, 0.25) is 0 Å². The van der Waals surface area contributed by atoms with Crippen molar-refractivity contribution in [3.8, 4) is 10.7 Å². The average molecular weight is 330 g/mol. The summed E-state index contributed by atoms with van der Waals surface area (Å²) in [5.41, 5.74) is 0.754. The first-order chi connectivity index (χ1) is 11.1. The highest BCUT2D eigenvalue weighted by Crippen LogP contribution is 2.32. The maximum atomic E-state index is 11.6. The molecular formula is C16H18N4O2S. The minimum Gasteiger partial charge on any atom is -0.439 e. The minimum atomic E-state index is -0.330. The van der Waals surface area contributed by atoms with E-state index >= 15 is 0 Å². The topological polar surface area (TPSA) is 58.6 Å². The van der Waals surface area contributed by atoms with Crippen molar-refractivity contribution in [1.82, 2.24) is 19.8 Å². The second-order valence-electron chi connectivity index (χ2n) is 6.26. The van der Waals surface area contributed by atoms with Gasteiger partial charge >= 0.3 is 6.09 Å². The maximum Gasteiger partial charge on any atom is 0.410 e. The Morgan fingerprint density at radius 2 is 2.17 bits per heavy atom. The lowest BCUT2D eigenvalue weighted by molar-refractivity contribution is 0.0627. The Labute approximate surface area is 138 Å². The van der Waals surface area contributed by atoms with Crippen LogP contribution in [0, 0.1) is 0 Å². The highest BCUT2D eigenvalue weighted by Gasteiger charge is 2.48. The van der Waals surface area contributed by atoms with Crippen LogP contribution in [0.1, 0.15) is 12.0 Å². The monoisotopic (exact) mass is 330 g/mol. The molecule has 0 saturated carbocycles. The van der Waals surface area contributed by atoms with Crippen molar-refractivity contribution in [3.05, 3.63) is 35.5 Å². The third-order valence-electron chi connectivity index (χ3n) is 4.39. The molecule has 0 aliphatic carbocycles. The fourth-order valence-electron chi connectivity index (χ4n) is 3.29. The molecule has 23 heavy (non-hydrogen) atoms. The van der Waals surface area contributed by atoms with Crippen LogP contribution in [0.25, 0.3) is 10.7 Å². The summed E-state index contributed by atoms with van der Waals surface area (Å²) >= 11 is 1.64. The molecule has 7 heteroatoms. The van der Waals surface area contributed by atoms with Gasteiger partial charge in [0.15, 0.2) is 5.82 Å². The van der Waals surface area contributed by atoms with E-state index in [1.807, 2.05) is 29.9 Å². The normalized spacial score (nSPS) is 24.6. The Hall–Kier alpha value is -1.99. The number of rotatable bonds is 3. The molecule has 0 N–H and O–H groups in total. The number of aromatic nitrogens is 2. The Kier molecular flexibility index (Phi) is 3.54. The number of carbonyl (C=O) groups excluding carboxylic acids is 1. The average Bonchev–Trinajstić information content (AvgIpc) is 3.24. The Morgan fingerprint density at radius 1 is 1.35 bits per heavy atom. The predicted molar refractivity (Wildman–Crippen MR) is 87.1 cm³/mol. The lowest BCUT2D eigenvalue weighted by Crippen LogP contribution is -2.37. The van der Waals surface area contributed by atoms with E-state index in [0.29, 0.717) is 6.54 Å². The van der Waals surface area contributed by atoms with Crippen molar-refractivity contribution < 1.29 is 9.53 Å². The summed E-state index contributed by atoms with van der Waals surface area (Å²) in [6, 6.07) is 4.02. The molecule has 120 valence electrons. The number of hydrogen-bond acceptors (Lipinski definition) is 6. The molecule has 0 aromatic carbocycles. The van der Waals surface area contributed by atoms with Crippen molar-refractivity contribution in [1.29, 1.82) is 0 Å². The molecule has 2 aromatic heterocycles. The van der Waals surface area contributed by atoms with Gasteiger partial charge in [0, 0.05) is 51.1 Å². The number of amides is 1. The second-order valence-corrected chi connectivity index (χ2v) is 7.21. The fourth-order valence-corrected chi connectivity index (χ4v) is 3.97. The van der Waals surface area contributed by atoms with Gasteiger partial charge in [-0.25, -0.2) is 14.8 Å². The molecular weight excluding hydrogens is 312 g/mol. The van der Waals surface area contributed by atoms with E-state index in [1.165, 1.54) is 0 Å². The van der Waals surface area contributed by atoms with E-state index in [9.17, 15) is 4.79 Å². The molecule has 4 heterocycles. The molecule has 1 amide bonds. The standard InChI is InChI=1S/C16H18N4O2S/c1-19-10-16(22-15(19)21)4-5-20(11-16)9-12-7-17-14(18-8-12)13-3-2-6-23-13/h2-3,6-8H,4-5,9-11H2,1H3. The largest absolute Gasteiger partial charge is 0.439 e. The van der Waals surface area contributed by atoms with Gasteiger partial charge in [-0.2, -0.15) is 0 Å². The van der Waals surface area contributed by atoms with Gasteiger partial charge < -0.3 is 9.64 Å². The van der Waals surface area contributed by atoms with Crippen molar-refractivity contribution >= 4 is 17.4 Å². The molecule has 6 nitrogen and oxygen atoms in total. The van der Waals surface area contributed by atoms with Crippen LogP contribution in [0.4, 0.5) is 4.79 Å². The van der Waals surface area contributed by atoms with Crippen LogP contribution in [-0.4, -0.2) is 58.1 Å². The van der Waals surface area contributed by atoms with Gasteiger partial charge in [-0.15, -0.1) is 11.3 Å². The number of nitrogens with zero attached hydrogens (tertiary/aromatic N) is 4. The molecule has 1 atom stereocenters. The second kappa shape index (κ2) is 5.58. The van der Waals surface area contributed by atoms with Crippen molar-refractivity contribution in [2.75, 3.05) is 26.7 Å². The summed E-state index contributed by atoms with van der Waals surface area (Å²) in [6.45, 7) is 3.16. The Morgan fingerprint density at radius 3 is 2.83 bits per heavy atom. The van der Waals surface area contributed by atoms with Crippen LogP contribution in [0.5, 0.6) is 0 Å². The van der Waals surface area contributed by atoms with Gasteiger partial charge in [0.25, 0.3) is 0 Å². The van der Waals surface area contributed by atoms with Gasteiger partial charge in [-0.05, 0) is 11.4 Å². The predicted octanol–water partition coefficient (Wildman–Crippen LogP) is 2.23. The molecule has 2 aliphatic heterocycles. The molecule has 4 rings (SSSR count). The first kappa shape index (κ1) is 14.6. The number of carbonyl (C=O) groups is 1. The van der Waals surface area contributed by atoms with Gasteiger partial charge in [0.1, 0.15) is 5.60 Å². The van der Waals surface area contributed by atoms with E-state index in [1.54, 1.807) is 23.3 Å². The highest BCUT2D eigenvalue weighted by molar-refractivity contribution is 7.13. The first-order valence-electron chi connectivity index (χ1n) is 7.65. The van der Waals surface area contributed by atoms with Crippen LogP contribution in [-0.2, 0) is 11.3 Å². The summed E-state index contributed by atoms with van der Waals surface area (Å²) in [6.07, 6.45) is 4.45. The van der Waals surface area contributed by atoms with Gasteiger partial charge in [-0.1, -0.05) is 6.07 Å². The summed E-state index contributed by atoms with van der Waals surface area (Å²) in [7, 11) is 1.79. The third-order valence-corrected chi connectivity index (χ3v) is 5.26. The number of thiophene rings is 1. The van der Waals surface area contributed by atoms with Crippen LogP contribution < -0.4 is 0 Å². The molecule has 0 bridgehead atoms. The minimum absolute atomic E-state index is 0.213. The summed E-state index contributed by atoms with van der Waals surface area (Å²) in [5.74, 6) is 0.771. The number of hydrogen-bond donors (Lipinski definition) is 0. The van der Waals surface area contributed by atoms with E-state index in [0.717, 1.165) is 42.3 Å². The fraction of sp³-hybridized carbons (Fsp3) is 0.438. The zero-order chi connectivity index (χ0) is 15.9. The van der Waals surface area contributed by atoms with Gasteiger partial charge in [0.05, 0.1) is 11.4 Å². The molecule has 2 saturated heterocycles. The molecule has 1 spiro atoms. The zero-order valence-corrected chi connectivity index (χ0v) is 13.8. The summed E-state index contributed by atoms with van der Waals surface area (Å²) < 4.78 is 5.57. The number of likely N-dealkylation sites (N-methyl/N-ethyl adjacent to an activating group) is 1. The quantitative estimate of drug-likeness (QED) is 0.864. The third kappa shape index (κ3) is 2.82. The molecule has 1 unspecified atom stereocenters. The molecule has 2 aliphatic rings. The van der Waals surface area contributed by atoms with E-state index in [2.05, 4.69) is 14.9 Å². The van der Waals surface area contributed by atoms with E-state index in [4.69, 9.17) is 4.74 Å². The van der Waals surface area contributed by atoms with Crippen LogP contribution >= 0.6 is 11.3 Å². The number of ether oxygens (including phenoxy) is 1. The zero-order valence-electron chi connectivity index (χ0n) is 12.9. The maximum absolute atomic E-state index is 11.6.